The molecule has 1 amide bonds. The molecule has 0 heterocycles. The summed E-state index contributed by atoms with van der Waals surface area (Å²) in [6, 6.07) is 6.10. The highest BCUT2D eigenvalue weighted by atomic mass is 19.1. The molecule has 1 fully saturated rings. The van der Waals surface area contributed by atoms with Crippen LogP contribution in [-0.4, -0.2) is 23.5 Å². The van der Waals surface area contributed by atoms with Gasteiger partial charge in [0.05, 0.1) is 17.5 Å². The number of halogens is 1. The third-order valence-electron chi connectivity index (χ3n) is 4.13. The Hall–Kier alpha value is -1.91. The number of aliphatic carboxylic acids is 1. The molecule has 1 aromatic carbocycles. The summed E-state index contributed by atoms with van der Waals surface area (Å²) < 4.78 is 13.9. The first-order chi connectivity index (χ1) is 10.1. The van der Waals surface area contributed by atoms with Crippen molar-refractivity contribution in [1.29, 1.82) is 0 Å². The van der Waals surface area contributed by atoms with E-state index in [1.165, 1.54) is 11.0 Å². The maximum absolute atomic E-state index is 13.9. The minimum atomic E-state index is -0.933. The normalized spacial score (nSPS) is 21.8. The quantitative estimate of drug-likeness (QED) is 0.928. The summed E-state index contributed by atoms with van der Waals surface area (Å²) in [4.78, 5) is 25.4. The second kappa shape index (κ2) is 6.70. The number of hydrogen-bond acceptors (Lipinski definition) is 2. The van der Waals surface area contributed by atoms with Gasteiger partial charge in [-0.15, -0.1) is 0 Å². The molecule has 0 aliphatic heterocycles. The van der Waals surface area contributed by atoms with Crippen molar-refractivity contribution < 1.29 is 19.1 Å². The van der Waals surface area contributed by atoms with Crippen LogP contribution in [0.25, 0.3) is 0 Å². The summed E-state index contributed by atoms with van der Waals surface area (Å²) in [5.41, 5.74) is 0.222. The van der Waals surface area contributed by atoms with Gasteiger partial charge >= 0.3 is 5.97 Å². The Labute approximate surface area is 123 Å². The van der Waals surface area contributed by atoms with Gasteiger partial charge in [0.25, 0.3) is 0 Å². The van der Waals surface area contributed by atoms with Gasteiger partial charge in [0.2, 0.25) is 5.91 Å². The van der Waals surface area contributed by atoms with Crippen LogP contribution in [0.3, 0.4) is 0 Å². The van der Waals surface area contributed by atoms with Crippen molar-refractivity contribution in [2.24, 2.45) is 11.8 Å². The largest absolute Gasteiger partial charge is 0.481 e. The lowest BCUT2D eigenvalue weighted by atomic mass is 9.78. The first kappa shape index (κ1) is 15.5. The first-order valence-corrected chi connectivity index (χ1v) is 7.35. The predicted molar refractivity (Wildman–Crippen MR) is 77.5 cm³/mol. The van der Waals surface area contributed by atoms with E-state index in [1.54, 1.807) is 25.1 Å². The summed E-state index contributed by atoms with van der Waals surface area (Å²) in [5, 5.41) is 9.29. The van der Waals surface area contributed by atoms with Crippen molar-refractivity contribution in [3.63, 3.8) is 0 Å². The molecule has 1 aromatic rings. The van der Waals surface area contributed by atoms with Crippen molar-refractivity contribution in [3.8, 4) is 0 Å². The van der Waals surface area contributed by atoms with E-state index in [4.69, 9.17) is 0 Å². The molecule has 114 valence electrons. The third kappa shape index (κ3) is 3.23. The van der Waals surface area contributed by atoms with Gasteiger partial charge in [0.15, 0.2) is 0 Å². The van der Waals surface area contributed by atoms with Crippen LogP contribution in [0.15, 0.2) is 24.3 Å². The SMILES string of the molecule is CCN(C(=O)C1CCCCC1C(=O)O)c1ccccc1F. The molecular formula is C16H20FNO3. The number of carboxylic acids is 1. The molecular weight excluding hydrogens is 273 g/mol. The molecule has 1 aliphatic rings. The van der Waals surface area contributed by atoms with E-state index in [2.05, 4.69) is 0 Å². The van der Waals surface area contributed by atoms with Gasteiger partial charge < -0.3 is 10.0 Å². The molecule has 0 bridgehead atoms. The molecule has 21 heavy (non-hydrogen) atoms. The van der Waals surface area contributed by atoms with Crippen molar-refractivity contribution in [3.05, 3.63) is 30.1 Å². The summed E-state index contributed by atoms with van der Waals surface area (Å²) in [7, 11) is 0. The molecule has 0 saturated heterocycles. The van der Waals surface area contributed by atoms with E-state index >= 15 is 0 Å². The van der Waals surface area contributed by atoms with Crippen LogP contribution in [0.2, 0.25) is 0 Å². The molecule has 1 saturated carbocycles. The Bertz CT molecular complexity index is 532. The number of hydrogen-bond donors (Lipinski definition) is 1. The van der Waals surface area contributed by atoms with Crippen LogP contribution < -0.4 is 4.90 Å². The fourth-order valence-corrected chi connectivity index (χ4v) is 3.04. The molecule has 2 unspecified atom stereocenters. The first-order valence-electron chi connectivity index (χ1n) is 7.35. The lowest BCUT2D eigenvalue weighted by Gasteiger charge is -2.32. The number of carboxylic acid groups (broad SMARTS) is 1. The van der Waals surface area contributed by atoms with E-state index in [0.717, 1.165) is 12.8 Å². The highest BCUT2D eigenvalue weighted by Crippen LogP contribution is 2.33. The minimum absolute atomic E-state index is 0.222. The maximum Gasteiger partial charge on any atom is 0.307 e. The van der Waals surface area contributed by atoms with E-state index in [9.17, 15) is 19.1 Å². The number of carbonyl (C=O) groups excluding carboxylic acids is 1. The molecule has 0 radical (unpaired) electrons. The number of anilines is 1. The van der Waals surface area contributed by atoms with Gasteiger partial charge in [-0.1, -0.05) is 25.0 Å². The van der Waals surface area contributed by atoms with Crippen LogP contribution in [0.4, 0.5) is 10.1 Å². The average Bonchev–Trinajstić information content (AvgIpc) is 2.49. The highest BCUT2D eigenvalue weighted by Gasteiger charge is 2.38. The number of amides is 1. The van der Waals surface area contributed by atoms with Crippen LogP contribution in [0.5, 0.6) is 0 Å². The van der Waals surface area contributed by atoms with E-state index < -0.39 is 23.6 Å². The smallest absolute Gasteiger partial charge is 0.307 e. The number of nitrogens with zero attached hydrogens (tertiary/aromatic N) is 1. The molecule has 5 heteroatoms. The van der Waals surface area contributed by atoms with Crippen LogP contribution in [-0.2, 0) is 9.59 Å². The molecule has 4 nitrogen and oxygen atoms in total. The van der Waals surface area contributed by atoms with Gasteiger partial charge in [0.1, 0.15) is 5.82 Å². The summed E-state index contributed by atoms with van der Waals surface area (Å²) in [6.45, 7) is 2.09. The maximum atomic E-state index is 13.9. The number of carbonyl (C=O) groups is 2. The standard InChI is InChI=1S/C16H20FNO3/c1-2-18(14-10-6-5-9-13(14)17)15(19)11-7-3-4-8-12(11)16(20)21/h5-6,9-12H,2-4,7-8H2,1H3,(H,20,21). The van der Waals surface area contributed by atoms with Crippen molar-refractivity contribution >= 4 is 17.6 Å². The van der Waals surface area contributed by atoms with E-state index in [0.29, 0.717) is 19.4 Å². The Morgan fingerprint density at radius 3 is 2.43 bits per heavy atom. The highest BCUT2D eigenvalue weighted by molar-refractivity contribution is 5.97. The fraction of sp³-hybridized carbons (Fsp3) is 0.500. The van der Waals surface area contributed by atoms with Crippen LogP contribution in [0, 0.1) is 17.7 Å². The zero-order valence-electron chi connectivity index (χ0n) is 12.1. The summed E-state index contributed by atoms with van der Waals surface area (Å²) >= 11 is 0. The van der Waals surface area contributed by atoms with E-state index in [-0.39, 0.29) is 11.6 Å². The van der Waals surface area contributed by atoms with Gasteiger partial charge in [-0.25, -0.2) is 4.39 Å². The zero-order chi connectivity index (χ0) is 15.4. The van der Waals surface area contributed by atoms with Gasteiger partial charge in [-0.05, 0) is 31.9 Å². The second-order valence-corrected chi connectivity index (χ2v) is 5.37. The zero-order valence-corrected chi connectivity index (χ0v) is 12.1. The van der Waals surface area contributed by atoms with Gasteiger partial charge in [-0.2, -0.15) is 0 Å². The Kier molecular flexibility index (Phi) is 4.94. The van der Waals surface area contributed by atoms with Gasteiger partial charge in [-0.3, -0.25) is 9.59 Å². The predicted octanol–water partition coefficient (Wildman–Crippen LogP) is 3.07. The second-order valence-electron chi connectivity index (χ2n) is 5.37. The molecule has 1 N–H and O–H groups in total. The Balaban J connectivity index is 2.27. The van der Waals surface area contributed by atoms with Crippen LogP contribution in [0.1, 0.15) is 32.6 Å². The molecule has 0 spiro atoms. The third-order valence-corrected chi connectivity index (χ3v) is 4.13. The van der Waals surface area contributed by atoms with Crippen molar-refractivity contribution in [2.75, 3.05) is 11.4 Å². The van der Waals surface area contributed by atoms with Crippen molar-refractivity contribution in [1.82, 2.24) is 0 Å². The summed E-state index contributed by atoms with van der Waals surface area (Å²) in [5.74, 6) is -2.90. The van der Waals surface area contributed by atoms with Gasteiger partial charge in [0, 0.05) is 6.54 Å². The number of benzene rings is 1. The Morgan fingerprint density at radius 2 is 1.86 bits per heavy atom. The topological polar surface area (TPSA) is 57.6 Å². The van der Waals surface area contributed by atoms with Crippen LogP contribution >= 0.6 is 0 Å². The number of para-hydroxylation sites is 1. The average molecular weight is 293 g/mol. The molecule has 2 rings (SSSR count). The molecule has 0 aromatic heterocycles. The molecule has 1 aliphatic carbocycles. The number of rotatable bonds is 4. The lowest BCUT2D eigenvalue weighted by molar-refractivity contribution is -0.148. The van der Waals surface area contributed by atoms with E-state index in [1.807, 2.05) is 0 Å². The monoisotopic (exact) mass is 293 g/mol. The fourth-order valence-electron chi connectivity index (χ4n) is 3.04. The van der Waals surface area contributed by atoms with Crippen molar-refractivity contribution in [2.45, 2.75) is 32.6 Å². The minimum Gasteiger partial charge on any atom is -0.481 e. The lowest BCUT2D eigenvalue weighted by Crippen LogP contribution is -2.43. The molecule has 2 atom stereocenters. The Morgan fingerprint density at radius 1 is 1.24 bits per heavy atom. The summed E-state index contributed by atoms with van der Waals surface area (Å²) in [6.07, 6.45) is 2.74.